The van der Waals surface area contributed by atoms with Crippen LogP contribution in [0.3, 0.4) is 0 Å². The third-order valence-electron chi connectivity index (χ3n) is 5.92. The summed E-state index contributed by atoms with van der Waals surface area (Å²) in [4.78, 5) is 25.8. The van der Waals surface area contributed by atoms with Gasteiger partial charge in [-0.25, -0.2) is 9.98 Å². The van der Waals surface area contributed by atoms with Crippen molar-refractivity contribution in [2.24, 2.45) is 10.1 Å². The molecule has 0 unspecified atom stereocenters. The van der Waals surface area contributed by atoms with Gasteiger partial charge < -0.3 is 10.1 Å². The number of aliphatic imine (C=N–C) groups is 1. The second-order valence-electron chi connectivity index (χ2n) is 8.40. The number of imidazole rings is 1. The quantitative estimate of drug-likeness (QED) is 0.287. The maximum atomic E-state index is 13.7. The van der Waals surface area contributed by atoms with Crippen LogP contribution in [0.4, 0.5) is 5.82 Å². The Morgan fingerprint density at radius 3 is 2.41 bits per heavy atom. The molecule has 39 heavy (non-hydrogen) atoms. The number of nitrogens with one attached hydrogen (secondary N) is 1. The number of aromatic nitrogens is 3. The van der Waals surface area contributed by atoms with E-state index < -0.39 is 5.56 Å². The van der Waals surface area contributed by atoms with Gasteiger partial charge in [0.05, 0.1) is 11.0 Å². The summed E-state index contributed by atoms with van der Waals surface area (Å²) in [6.07, 6.45) is 1.45. The minimum absolute atomic E-state index is 0.0285. The highest BCUT2D eigenvalue weighted by molar-refractivity contribution is 6.30. The van der Waals surface area contributed by atoms with Gasteiger partial charge in [-0.15, -0.1) is 0 Å². The predicted molar refractivity (Wildman–Crippen MR) is 150 cm³/mol. The number of phenolic OH excluding ortho intramolecular Hbond substituents is 1. The van der Waals surface area contributed by atoms with E-state index in [1.54, 1.807) is 43.3 Å². The average molecular weight is 532 g/mol. The van der Waals surface area contributed by atoms with Crippen molar-refractivity contribution in [2.45, 2.75) is 6.92 Å². The number of hydrogen-bond acceptors (Lipinski definition) is 7. The molecule has 188 valence electrons. The molecule has 0 aliphatic rings. The zero-order chi connectivity index (χ0) is 27.5. The highest BCUT2D eigenvalue weighted by atomic mass is 35.5. The molecule has 0 radical (unpaired) electrons. The topological polar surface area (TPSA) is 143 Å². The number of nitriles is 2. The Bertz CT molecular complexity index is 1910. The molecule has 2 heterocycles. The van der Waals surface area contributed by atoms with Crippen molar-refractivity contribution in [3.8, 4) is 29.0 Å². The van der Waals surface area contributed by atoms with Gasteiger partial charge in [-0.05, 0) is 42.8 Å². The van der Waals surface area contributed by atoms with Crippen molar-refractivity contribution >= 4 is 40.4 Å². The smallest absolute Gasteiger partial charge is 0.291 e. The Balaban J connectivity index is 1.80. The third-order valence-corrected chi connectivity index (χ3v) is 6.17. The Morgan fingerprint density at radius 1 is 1.03 bits per heavy atom. The molecule has 0 saturated carbocycles. The zero-order valence-corrected chi connectivity index (χ0v) is 21.2. The fourth-order valence-corrected chi connectivity index (χ4v) is 4.16. The van der Waals surface area contributed by atoms with Gasteiger partial charge >= 0.3 is 0 Å². The van der Waals surface area contributed by atoms with Crippen LogP contribution >= 0.6 is 11.6 Å². The van der Waals surface area contributed by atoms with E-state index in [2.05, 4.69) is 26.1 Å². The van der Waals surface area contributed by atoms with E-state index in [9.17, 15) is 20.4 Å². The molecule has 2 N–H and O–H groups in total. The van der Waals surface area contributed by atoms with Gasteiger partial charge in [0.15, 0.2) is 11.6 Å². The number of aromatic hydroxyl groups is 1. The monoisotopic (exact) mass is 531 g/mol. The van der Waals surface area contributed by atoms with Crippen molar-refractivity contribution < 1.29 is 5.11 Å². The number of para-hydroxylation sites is 3. The lowest BCUT2D eigenvalue weighted by atomic mass is 9.96. The molecule has 5 rings (SSSR count). The molecule has 0 bridgehead atoms. The molecule has 5 aromatic rings. The van der Waals surface area contributed by atoms with Crippen LogP contribution in [-0.2, 0) is 0 Å². The Kier molecular flexibility index (Phi) is 6.75. The zero-order valence-electron chi connectivity index (χ0n) is 20.4. The highest BCUT2D eigenvalue weighted by Crippen LogP contribution is 2.36. The summed E-state index contributed by atoms with van der Waals surface area (Å²) in [5, 5.41) is 35.8. The Morgan fingerprint density at radius 2 is 1.72 bits per heavy atom. The second-order valence-corrected chi connectivity index (χ2v) is 8.84. The molecule has 3 aromatic carbocycles. The van der Waals surface area contributed by atoms with Crippen LogP contribution in [0, 0.1) is 22.7 Å². The van der Waals surface area contributed by atoms with E-state index in [1.165, 1.54) is 18.3 Å². The summed E-state index contributed by atoms with van der Waals surface area (Å²) in [6, 6.07) is 24.3. The fourth-order valence-electron chi connectivity index (χ4n) is 4.03. The molecule has 0 fully saturated rings. The van der Waals surface area contributed by atoms with Gasteiger partial charge in [0.1, 0.15) is 34.7 Å². The SMILES string of the molecule is C/C(=N\n1c(N=Cc2ccc(Cl)cc2)c(C#N)c(-c2ccccc2O)c(C#N)c1=O)c1nc2ccccc2[nH]1. The molecular formula is C29H18ClN7O2. The summed E-state index contributed by atoms with van der Waals surface area (Å²) in [6.45, 7) is 1.64. The summed E-state index contributed by atoms with van der Waals surface area (Å²) in [7, 11) is 0. The normalized spacial score (nSPS) is 11.5. The van der Waals surface area contributed by atoms with Gasteiger partial charge in [0.25, 0.3) is 5.56 Å². The van der Waals surface area contributed by atoms with Gasteiger partial charge in [-0.1, -0.05) is 54.1 Å². The van der Waals surface area contributed by atoms with E-state index in [-0.39, 0.29) is 33.8 Å². The van der Waals surface area contributed by atoms with Gasteiger partial charge in [-0.3, -0.25) is 4.79 Å². The number of halogens is 1. The lowest BCUT2D eigenvalue weighted by molar-refractivity contribution is 0.477. The first-order valence-corrected chi connectivity index (χ1v) is 12.0. The predicted octanol–water partition coefficient (Wildman–Crippen LogP) is 5.52. The number of hydrogen-bond donors (Lipinski definition) is 2. The third kappa shape index (κ3) is 4.78. The highest BCUT2D eigenvalue weighted by Gasteiger charge is 2.25. The van der Waals surface area contributed by atoms with Crippen molar-refractivity contribution in [3.63, 3.8) is 0 Å². The second kappa shape index (κ2) is 10.5. The molecule has 0 aliphatic heterocycles. The van der Waals surface area contributed by atoms with E-state index in [4.69, 9.17) is 11.6 Å². The molecule has 0 spiro atoms. The molecular weight excluding hydrogens is 514 g/mol. The summed E-state index contributed by atoms with van der Waals surface area (Å²) in [5.41, 5.74) is 1.29. The number of pyridine rings is 1. The minimum Gasteiger partial charge on any atom is -0.507 e. The van der Waals surface area contributed by atoms with E-state index >= 15 is 0 Å². The van der Waals surface area contributed by atoms with Gasteiger partial charge in [-0.2, -0.15) is 20.3 Å². The molecule has 10 heteroatoms. The first-order chi connectivity index (χ1) is 18.9. The number of phenols is 1. The van der Waals surface area contributed by atoms with Crippen LogP contribution in [0.5, 0.6) is 5.75 Å². The van der Waals surface area contributed by atoms with Crippen LogP contribution in [0.1, 0.15) is 29.4 Å². The minimum atomic E-state index is -0.812. The molecule has 9 nitrogen and oxygen atoms in total. The fraction of sp³-hybridized carbons (Fsp3) is 0.0345. The molecule has 0 amide bonds. The van der Waals surface area contributed by atoms with Crippen LogP contribution in [0.2, 0.25) is 5.02 Å². The van der Waals surface area contributed by atoms with Crippen molar-refractivity contribution in [1.29, 1.82) is 10.5 Å². The molecule has 0 atom stereocenters. The first-order valence-electron chi connectivity index (χ1n) is 11.6. The number of rotatable bonds is 5. The van der Waals surface area contributed by atoms with E-state index in [0.717, 1.165) is 10.2 Å². The van der Waals surface area contributed by atoms with Crippen molar-refractivity contribution in [1.82, 2.24) is 14.6 Å². The van der Waals surface area contributed by atoms with Crippen LogP contribution in [0.25, 0.3) is 22.2 Å². The maximum Gasteiger partial charge on any atom is 0.291 e. The van der Waals surface area contributed by atoms with Crippen LogP contribution < -0.4 is 5.56 Å². The molecule has 2 aromatic heterocycles. The number of aromatic amines is 1. The van der Waals surface area contributed by atoms with E-state index in [0.29, 0.717) is 27.6 Å². The maximum absolute atomic E-state index is 13.7. The molecule has 0 aliphatic carbocycles. The lowest BCUT2D eigenvalue weighted by Crippen LogP contribution is -2.23. The Labute approximate surface area is 227 Å². The first kappa shape index (κ1) is 25.2. The summed E-state index contributed by atoms with van der Waals surface area (Å²) >= 11 is 5.99. The van der Waals surface area contributed by atoms with Crippen molar-refractivity contribution in [3.05, 3.63) is 111 Å². The lowest BCUT2D eigenvalue weighted by Gasteiger charge is -2.14. The number of fused-ring (bicyclic) bond motifs is 1. The van der Waals surface area contributed by atoms with Gasteiger partial charge in [0, 0.05) is 22.4 Å². The number of benzene rings is 3. The Hall–Kier alpha value is -5.51. The molecule has 0 saturated heterocycles. The van der Waals surface area contributed by atoms with Gasteiger partial charge in [0.2, 0.25) is 0 Å². The van der Waals surface area contributed by atoms with Crippen LogP contribution in [0.15, 0.2) is 87.7 Å². The number of nitrogens with zero attached hydrogens (tertiary/aromatic N) is 6. The largest absolute Gasteiger partial charge is 0.507 e. The summed E-state index contributed by atoms with van der Waals surface area (Å²) < 4.78 is 0.912. The number of H-pyrrole nitrogens is 1. The van der Waals surface area contributed by atoms with Crippen LogP contribution in [-0.4, -0.2) is 31.7 Å². The van der Waals surface area contributed by atoms with E-state index in [1.807, 2.05) is 30.3 Å². The average Bonchev–Trinajstić information content (AvgIpc) is 3.39. The van der Waals surface area contributed by atoms with Crippen molar-refractivity contribution in [2.75, 3.05) is 0 Å². The summed E-state index contributed by atoms with van der Waals surface area (Å²) in [5.74, 6) is 0.0833. The standard InChI is InChI=1S/C29H18ClN7O2/c1-17(27-34-23-7-3-4-8-24(23)35-27)36-37-28(33-16-18-10-12-19(30)13-11-18)21(14-31)26(22(15-32)29(37)39)20-6-2-5-9-25(20)38/h2-13,16,38H,1H3,(H,34,35)/b33-16?,36-17+.